The molecule has 0 aliphatic carbocycles. The summed E-state index contributed by atoms with van der Waals surface area (Å²) in [5.41, 5.74) is 0. The Kier molecular flexibility index (Phi) is 54.9. The zero-order valence-electron chi connectivity index (χ0n) is 54.3. The molecule has 0 fully saturated rings. The van der Waals surface area contributed by atoms with Gasteiger partial charge in [0.25, 0.3) is 91.2 Å². The van der Waals surface area contributed by atoms with Gasteiger partial charge in [0.05, 0.1) is 9.76 Å². The molecule has 0 bridgehead atoms. The number of hydrogen-bond acceptors (Lipinski definition) is 48. The second kappa shape index (κ2) is 50.7. The SMILES string of the molecule is CO[Si](C)([Si])O[Si]([Si](O[Si]O)([Si]O)[Si]O)([Si](O[Si]O)([Si]O)[Si](C)O)[Si](O[Si](O[Si]O)([Si]O)[Si]O)([Si](O[Si]O)([Si]O)[Si](C)O)[Si](O[Si](C)(C)O[Si](C)(C)C)(O[Si](O[Si](O[Si]O)([Si]O)[Si]O)([Si](O[Si]O)([Si]O)[Si]O)[Si](O[Si]O)([Si]O)[Si]O)[Si](O[Si](O[Si]O)([Si]O)[Si]O)([Si](O[Si]O)([Si]O)[Si]O)[Si](O[Si]O)([Si]O)[Si]O. The average molecular weight is 2310 g/mol. The van der Waals surface area contributed by atoms with E-state index in [9.17, 15) is 144 Å². The highest BCUT2D eigenvalue weighted by atomic mass is 30.5. The first-order valence-electron chi connectivity index (χ1n) is 26.0. The van der Waals surface area contributed by atoms with Crippen molar-refractivity contribution in [1.29, 1.82) is 0 Å². The van der Waals surface area contributed by atoms with Crippen molar-refractivity contribution < 1.29 is 218 Å². The van der Waals surface area contributed by atoms with Crippen LogP contribution in [-0.4, -0.2) is 577 Å². The van der Waals surface area contributed by atoms with Crippen molar-refractivity contribution in [2.45, 2.75) is 52.4 Å². The highest BCUT2D eigenvalue weighted by Crippen LogP contribution is 2.58. The van der Waals surface area contributed by atoms with Crippen LogP contribution in [0.15, 0.2) is 0 Å². The minimum absolute atomic E-state index is 0.731. The molecule has 6 unspecified atom stereocenters. The lowest BCUT2D eigenvalue weighted by molar-refractivity contribution is 0.291. The molecule has 0 spiro atoms. The Balaban J connectivity index is 16.4. The molecule has 0 aromatic carbocycles. The van der Waals surface area contributed by atoms with E-state index in [0.717, 1.165) is 39.8 Å². The van der Waals surface area contributed by atoms with Gasteiger partial charge < -0.3 is 218 Å². The van der Waals surface area contributed by atoms with Crippen LogP contribution in [0.5, 0.6) is 0 Å². The second-order valence-corrected chi connectivity index (χ2v) is 226. The van der Waals surface area contributed by atoms with E-state index in [1.165, 1.54) is 19.6 Å². The van der Waals surface area contributed by atoms with Crippen LogP contribution in [0.3, 0.4) is 0 Å². The summed E-state index contributed by atoms with van der Waals surface area (Å²) >= 11 is 0. The molecule has 0 aromatic rings. The maximum Gasteiger partial charge on any atom is 0.420 e. The Morgan fingerprint density at radius 3 is 0.745 bits per heavy atom. The van der Waals surface area contributed by atoms with Crippen molar-refractivity contribution >= 4 is 426 Å². The third-order valence-corrected chi connectivity index (χ3v) is 394. The lowest BCUT2D eigenvalue weighted by Gasteiger charge is -2.74. The molecule has 97 heteroatoms. The van der Waals surface area contributed by atoms with Gasteiger partial charge in [0.1, 0.15) is 0 Å². The molecule has 0 saturated carbocycles. The molecule has 577 valence electrons. The highest BCUT2D eigenvalue weighted by Gasteiger charge is 3.05. The molecular weight excluding hydrogens is 2250 g/mol. The van der Waals surface area contributed by atoms with Gasteiger partial charge >= 0.3 is 147 Å². The van der Waals surface area contributed by atoms with Crippen molar-refractivity contribution in [3.63, 3.8) is 0 Å². The predicted molar refractivity (Wildman–Crippen MR) is 421 cm³/mol. The molecular formula is C9H57O48Si49. The van der Waals surface area contributed by atoms with E-state index < -0.39 is 416 Å². The van der Waals surface area contributed by atoms with E-state index in [1.54, 1.807) is 0 Å². The molecule has 30 N–H and O–H groups in total. The molecule has 61 radical (unpaired) electrons. The van der Waals surface area contributed by atoms with Crippen LogP contribution >= 0.6 is 0 Å². The van der Waals surface area contributed by atoms with Crippen LogP contribution in [0, 0.1) is 0 Å². The largest absolute Gasteiger partial charge is 0.439 e. The first kappa shape index (κ1) is 115. The third-order valence-electron chi connectivity index (χ3n) is 13.4. The molecule has 0 aliphatic heterocycles. The predicted octanol–water partition coefficient (Wildman–Crippen LogP) is -31.8. The Labute approximate surface area is 695 Å². The average Bonchev–Trinajstić information content (AvgIpc) is 0.624. The summed E-state index contributed by atoms with van der Waals surface area (Å²) in [5, 5.41) is 0. The molecule has 0 rings (SSSR count). The second-order valence-electron chi connectivity index (χ2n) is 20.4. The Morgan fingerprint density at radius 1 is 0.255 bits per heavy atom. The van der Waals surface area contributed by atoms with Crippen LogP contribution in [0.4, 0.5) is 0 Å². The van der Waals surface area contributed by atoms with Crippen LogP contribution < -0.4 is 0 Å². The van der Waals surface area contributed by atoms with Crippen LogP contribution in [0.25, 0.3) is 0 Å². The normalized spacial score (nSPS) is 17.7. The van der Waals surface area contributed by atoms with Crippen molar-refractivity contribution in [3.05, 3.63) is 0 Å². The Hall–Kier alpha value is 8.71. The van der Waals surface area contributed by atoms with Crippen LogP contribution in [0.2, 0.25) is 52.4 Å². The maximum absolute atomic E-state index is 14.3. The zero-order chi connectivity index (χ0) is 82.7. The standard InChI is InChI=1S/C9H57O48Si49/c1-40-91(9,58)53-106(101(83-34,84-35)48-66-17,103(86-37,50-68-19)88(3)39)105(56-94(73-24,74-25)43-61-12,102(85-36,49-67-18)87(2)38)96(52-90(7,8)51-89(4,5)6,104(99(79-30,80-31)46-64-15,100(81-32,82-33)47-65-16)55-93(71-22,72-23)42-60-11)57-95(97(75-26,76-27)44-62-13,98(77-28,78-29)45-63-14)54-92(69-20,70-21)41-59-10/h10-39H,1-9H3. The molecule has 0 aromatic heterocycles. The minimum Gasteiger partial charge on any atom is -0.439 e. The Bertz CT molecular complexity index is 2370. The van der Waals surface area contributed by atoms with Crippen molar-refractivity contribution in [1.82, 2.24) is 0 Å². The fraction of sp³-hybridized carbons (Fsp3) is 1.00. The molecule has 0 saturated heterocycles. The summed E-state index contributed by atoms with van der Waals surface area (Å²) in [7, 11) is -123. The summed E-state index contributed by atoms with van der Waals surface area (Å²) in [6.07, 6.45) is 0. The van der Waals surface area contributed by atoms with Crippen molar-refractivity contribution in [2.75, 3.05) is 7.11 Å². The van der Waals surface area contributed by atoms with E-state index in [1.807, 2.05) is 0 Å². The summed E-state index contributed by atoms with van der Waals surface area (Å²) in [6.45, 7) is -64.1. The monoisotopic (exact) mass is 2300 g/mol. The van der Waals surface area contributed by atoms with E-state index in [-0.39, 0.29) is 0 Å². The quantitative estimate of drug-likeness (QED) is 0.0251. The van der Waals surface area contributed by atoms with Gasteiger partial charge in [-0.1, -0.05) is 0 Å². The lowest BCUT2D eigenvalue weighted by atomic mass is 11.8. The summed E-state index contributed by atoms with van der Waals surface area (Å²) < 4.78 is 125. The van der Waals surface area contributed by atoms with Gasteiger partial charge in [0.2, 0.25) is 170 Å². The van der Waals surface area contributed by atoms with Gasteiger partial charge in [0, 0.05) is 7.11 Å². The van der Waals surface area contributed by atoms with Gasteiger partial charge in [-0.2, -0.15) is 0 Å². The number of hydrogen-bond donors (Lipinski definition) is 30. The molecule has 0 heterocycles. The summed E-state index contributed by atoms with van der Waals surface area (Å²) in [4.78, 5) is 380. The van der Waals surface area contributed by atoms with Crippen LogP contribution in [-0.2, 0) is 74.4 Å². The molecule has 106 heavy (non-hydrogen) atoms. The third kappa shape index (κ3) is 22.6. The van der Waals surface area contributed by atoms with Crippen LogP contribution in [0.1, 0.15) is 0 Å². The highest BCUT2D eigenvalue weighted by molar-refractivity contribution is 8.30. The van der Waals surface area contributed by atoms with E-state index in [0.29, 0.717) is 0 Å². The van der Waals surface area contributed by atoms with E-state index in [2.05, 4.69) is 9.76 Å². The van der Waals surface area contributed by atoms with Crippen molar-refractivity contribution in [2.24, 2.45) is 0 Å². The smallest absolute Gasteiger partial charge is 0.420 e. The van der Waals surface area contributed by atoms with Gasteiger partial charge in [-0.15, -0.1) is 0 Å². The van der Waals surface area contributed by atoms with Crippen molar-refractivity contribution in [3.8, 4) is 0 Å². The lowest BCUT2D eigenvalue weighted by Crippen LogP contribution is -3.18. The van der Waals surface area contributed by atoms with Gasteiger partial charge in [0.15, 0.2) is 8.32 Å². The van der Waals surface area contributed by atoms with Gasteiger partial charge in [-0.25, -0.2) is 0 Å². The molecule has 6 atom stereocenters. The Morgan fingerprint density at radius 2 is 0.509 bits per heavy atom. The molecule has 0 aliphatic rings. The maximum atomic E-state index is 14.3. The van der Waals surface area contributed by atoms with Gasteiger partial charge in [-0.3, -0.25) is 0 Å². The number of rotatable bonds is 65. The van der Waals surface area contributed by atoms with E-state index in [4.69, 9.17) is 74.4 Å². The van der Waals surface area contributed by atoms with E-state index >= 15 is 0 Å². The first-order valence-corrected chi connectivity index (χ1v) is 124. The molecule has 0 amide bonds. The first-order chi connectivity index (χ1) is 49.6. The topological polar surface area (TPSA) is 773 Å². The minimum atomic E-state index is -8.93. The zero-order valence-corrected chi connectivity index (χ0v) is 103. The fourth-order valence-electron chi connectivity index (χ4n) is 9.91. The molecule has 48 nitrogen and oxygen atoms in total. The fourth-order valence-corrected chi connectivity index (χ4v) is 701. The summed E-state index contributed by atoms with van der Waals surface area (Å²) in [5.74, 6) is 0. The van der Waals surface area contributed by atoms with Gasteiger partial charge in [-0.05, 0) is 52.4 Å². The summed E-state index contributed by atoms with van der Waals surface area (Å²) in [6, 6.07) is 0.